The second-order valence-corrected chi connectivity index (χ2v) is 8.69. The van der Waals surface area contributed by atoms with Gasteiger partial charge in [0.05, 0.1) is 4.90 Å². The van der Waals surface area contributed by atoms with Crippen LogP contribution in [0.25, 0.3) is 0 Å². The number of nitrogens with one attached hydrogen (secondary N) is 2. The monoisotopic (exact) mass is 462 g/mol. The van der Waals surface area contributed by atoms with Gasteiger partial charge < -0.3 is 15.1 Å². The first-order valence-electron chi connectivity index (χ1n) is 8.00. The van der Waals surface area contributed by atoms with Gasteiger partial charge >= 0.3 is 0 Å². The summed E-state index contributed by atoms with van der Waals surface area (Å²) in [6.07, 6.45) is 1.11. The molecule has 28 heavy (non-hydrogen) atoms. The largest absolute Gasteiger partial charge is 0.444 e. The third-order valence-corrected chi connectivity index (χ3v) is 5.27. The molecule has 1 heterocycles. The van der Waals surface area contributed by atoms with Crippen LogP contribution in [0.5, 0.6) is 0 Å². The van der Waals surface area contributed by atoms with E-state index in [0.717, 1.165) is 6.26 Å². The minimum Gasteiger partial charge on any atom is -0.444 e. The Bertz CT molecular complexity index is 1140. The van der Waals surface area contributed by atoms with Crippen LogP contribution in [0.3, 0.4) is 0 Å². The van der Waals surface area contributed by atoms with E-state index in [9.17, 15) is 18.0 Å². The van der Waals surface area contributed by atoms with E-state index in [-0.39, 0.29) is 10.7 Å². The lowest BCUT2D eigenvalue weighted by atomic mass is 10.1. The Kier molecular flexibility index (Phi) is 5.66. The molecule has 0 spiro atoms. The maximum Gasteiger partial charge on any atom is 0.291 e. The van der Waals surface area contributed by atoms with Gasteiger partial charge in [0.2, 0.25) is 0 Å². The highest BCUT2D eigenvalue weighted by molar-refractivity contribution is 9.10. The van der Waals surface area contributed by atoms with Gasteiger partial charge in [0.1, 0.15) is 0 Å². The van der Waals surface area contributed by atoms with Crippen LogP contribution >= 0.6 is 15.9 Å². The van der Waals surface area contributed by atoms with Crippen molar-refractivity contribution in [1.82, 2.24) is 0 Å². The van der Waals surface area contributed by atoms with Crippen molar-refractivity contribution in [1.29, 1.82) is 0 Å². The molecule has 0 fully saturated rings. The minimum absolute atomic E-state index is 0.132. The van der Waals surface area contributed by atoms with Gasteiger partial charge in [-0.2, -0.15) is 0 Å². The summed E-state index contributed by atoms with van der Waals surface area (Å²) < 4.78 is 28.6. The maximum absolute atomic E-state index is 12.4. The van der Waals surface area contributed by atoms with Gasteiger partial charge in [-0.15, -0.1) is 0 Å². The highest BCUT2D eigenvalue weighted by atomic mass is 79.9. The zero-order valence-electron chi connectivity index (χ0n) is 14.6. The van der Waals surface area contributed by atoms with Crippen LogP contribution in [0.15, 0.2) is 74.6 Å². The number of furan rings is 1. The van der Waals surface area contributed by atoms with Gasteiger partial charge in [0.15, 0.2) is 20.3 Å². The molecule has 1 aromatic heterocycles. The number of hydrogen-bond acceptors (Lipinski definition) is 5. The van der Waals surface area contributed by atoms with E-state index in [1.807, 2.05) is 0 Å². The molecule has 0 saturated heterocycles. The summed E-state index contributed by atoms with van der Waals surface area (Å²) in [5.74, 6) is -0.712. The summed E-state index contributed by atoms with van der Waals surface area (Å²) in [4.78, 5) is 24.7. The van der Waals surface area contributed by atoms with Crippen LogP contribution in [0.2, 0.25) is 0 Å². The van der Waals surface area contributed by atoms with Crippen LogP contribution in [0.4, 0.5) is 11.4 Å². The second-order valence-electron chi connectivity index (χ2n) is 5.89. The normalized spacial score (nSPS) is 11.1. The quantitative estimate of drug-likeness (QED) is 0.596. The molecule has 144 valence electrons. The highest BCUT2D eigenvalue weighted by Gasteiger charge is 2.13. The molecule has 3 aromatic rings. The number of halogens is 1. The molecule has 0 unspecified atom stereocenters. The fraction of sp³-hybridized carbons (Fsp3) is 0.0526. The first-order chi connectivity index (χ1) is 13.2. The number of anilines is 2. The van der Waals surface area contributed by atoms with Crippen molar-refractivity contribution < 1.29 is 22.4 Å². The molecule has 0 aliphatic rings. The zero-order chi connectivity index (χ0) is 20.3. The lowest BCUT2D eigenvalue weighted by Crippen LogP contribution is -2.14. The number of sulfone groups is 1. The molecule has 0 aliphatic heterocycles. The minimum atomic E-state index is -3.30. The van der Waals surface area contributed by atoms with Gasteiger partial charge in [0, 0.05) is 23.2 Å². The number of hydrogen-bond donors (Lipinski definition) is 2. The van der Waals surface area contributed by atoms with E-state index < -0.39 is 21.7 Å². The Morgan fingerprint density at radius 2 is 1.57 bits per heavy atom. The fourth-order valence-corrected chi connectivity index (χ4v) is 3.29. The van der Waals surface area contributed by atoms with Crippen LogP contribution < -0.4 is 10.6 Å². The van der Waals surface area contributed by atoms with E-state index in [1.165, 1.54) is 36.4 Å². The fourth-order valence-electron chi connectivity index (χ4n) is 2.36. The first kappa shape index (κ1) is 19.8. The number of carbonyl (C=O) groups excluding carboxylic acids is 2. The van der Waals surface area contributed by atoms with E-state index in [2.05, 4.69) is 26.6 Å². The summed E-state index contributed by atoms with van der Waals surface area (Å²) in [6, 6.07) is 15.4. The average Bonchev–Trinajstić information content (AvgIpc) is 3.08. The predicted octanol–water partition coefficient (Wildman–Crippen LogP) is 3.95. The molecule has 2 aromatic carbocycles. The van der Waals surface area contributed by atoms with Crippen molar-refractivity contribution in [3.8, 4) is 0 Å². The summed E-state index contributed by atoms with van der Waals surface area (Å²) in [7, 11) is -3.30. The van der Waals surface area contributed by atoms with Gasteiger partial charge in [-0.3, -0.25) is 9.59 Å². The predicted molar refractivity (Wildman–Crippen MR) is 108 cm³/mol. The van der Waals surface area contributed by atoms with Crippen molar-refractivity contribution in [3.63, 3.8) is 0 Å². The van der Waals surface area contributed by atoms with Crippen LogP contribution in [0.1, 0.15) is 20.9 Å². The molecule has 2 amide bonds. The van der Waals surface area contributed by atoms with Crippen LogP contribution in [-0.4, -0.2) is 26.5 Å². The van der Waals surface area contributed by atoms with Crippen LogP contribution in [-0.2, 0) is 9.84 Å². The lowest BCUT2D eigenvalue weighted by Gasteiger charge is -2.08. The number of amides is 2. The second kappa shape index (κ2) is 7.99. The first-order valence-corrected chi connectivity index (χ1v) is 10.7. The molecule has 0 atom stereocenters. The van der Waals surface area contributed by atoms with E-state index in [4.69, 9.17) is 4.42 Å². The molecule has 7 nitrogen and oxygen atoms in total. The molecule has 9 heteroatoms. The Morgan fingerprint density at radius 1 is 0.893 bits per heavy atom. The summed E-state index contributed by atoms with van der Waals surface area (Å²) in [5.41, 5.74) is 1.20. The van der Waals surface area contributed by atoms with Crippen LogP contribution in [0, 0.1) is 0 Å². The van der Waals surface area contributed by atoms with E-state index >= 15 is 0 Å². The summed E-state index contributed by atoms with van der Waals surface area (Å²) >= 11 is 3.13. The molecule has 3 rings (SSSR count). The zero-order valence-corrected chi connectivity index (χ0v) is 17.0. The lowest BCUT2D eigenvalue weighted by molar-refractivity contribution is 0.0992. The van der Waals surface area contributed by atoms with Gasteiger partial charge in [-0.05, 0) is 70.5 Å². The van der Waals surface area contributed by atoms with Crippen molar-refractivity contribution in [2.24, 2.45) is 0 Å². The smallest absolute Gasteiger partial charge is 0.291 e. The van der Waals surface area contributed by atoms with Crippen molar-refractivity contribution in [2.75, 3.05) is 16.9 Å². The summed E-state index contributed by atoms with van der Waals surface area (Å²) in [5, 5.41) is 5.34. The molecule has 0 aliphatic carbocycles. The standard InChI is InChI=1S/C19H15BrN2O5S/c1-28(25,26)15-7-5-13(6-8-15)21-18(23)12-3-2-4-14(11-12)22-19(24)16-9-10-17(20)27-16/h2-11H,1H3,(H,21,23)(H,22,24). The molecule has 0 saturated carbocycles. The number of carbonyl (C=O) groups is 2. The SMILES string of the molecule is CS(=O)(=O)c1ccc(NC(=O)c2cccc(NC(=O)c3ccc(Br)o3)c2)cc1. The third kappa shape index (κ3) is 4.87. The Labute approximate surface area is 169 Å². The Morgan fingerprint density at radius 3 is 2.18 bits per heavy atom. The maximum atomic E-state index is 12.4. The molecule has 0 radical (unpaired) electrons. The third-order valence-electron chi connectivity index (χ3n) is 3.72. The van der Waals surface area contributed by atoms with Crippen molar-refractivity contribution in [3.05, 3.63) is 76.7 Å². The van der Waals surface area contributed by atoms with Gasteiger partial charge in [-0.1, -0.05) is 6.07 Å². The van der Waals surface area contributed by atoms with Gasteiger partial charge in [-0.25, -0.2) is 8.42 Å². The van der Waals surface area contributed by atoms with E-state index in [0.29, 0.717) is 21.6 Å². The molecular weight excluding hydrogens is 448 g/mol. The molecule has 0 bridgehead atoms. The van der Waals surface area contributed by atoms with Crippen molar-refractivity contribution >= 4 is 49.0 Å². The Hall–Kier alpha value is -2.91. The van der Waals surface area contributed by atoms with E-state index in [1.54, 1.807) is 24.3 Å². The Balaban J connectivity index is 1.70. The van der Waals surface area contributed by atoms with Gasteiger partial charge in [0.25, 0.3) is 11.8 Å². The summed E-state index contributed by atoms with van der Waals surface area (Å²) in [6.45, 7) is 0. The molecular formula is C19H15BrN2O5S. The number of rotatable bonds is 5. The average molecular weight is 463 g/mol. The number of benzene rings is 2. The molecule has 2 N–H and O–H groups in total. The van der Waals surface area contributed by atoms with Crippen molar-refractivity contribution in [2.45, 2.75) is 4.90 Å². The highest BCUT2D eigenvalue weighted by Crippen LogP contribution is 2.18. The topological polar surface area (TPSA) is 105 Å².